The Bertz CT molecular complexity index is 641. The van der Waals surface area contributed by atoms with E-state index in [1.165, 1.54) is 31.4 Å². The molecule has 0 aliphatic rings. The number of amides is 1. The Morgan fingerprint density at radius 1 is 1.20 bits per heavy atom. The van der Waals surface area contributed by atoms with Crippen molar-refractivity contribution in [3.8, 4) is 5.75 Å². The van der Waals surface area contributed by atoms with Gasteiger partial charge in [-0.25, -0.2) is 8.78 Å². The van der Waals surface area contributed by atoms with E-state index in [2.05, 4.69) is 5.32 Å². The first-order chi connectivity index (χ1) is 9.52. The minimum Gasteiger partial charge on any atom is -0.495 e. The first kappa shape index (κ1) is 14.3. The number of ether oxygens (including phenoxy) is 1. The molecule has 0 aliphatic heterocycles. The molecular formula is C14H10ClF2NO2. The molecule has 0 atom stereocenters. The molecule has 0 bridgehead atoms. The molecule has 2 aromatic rings. The zero-order valence-corrected chi connectivity index (χ0v) is 11.2. The zero-order chi connectivity index (χ0) is 14.7. The molecule has 6 heteroatoms. The highest BCUT2D eigenvalue weighted by molar-refractivity contribution is 6.32. The molecule has 0 spiro atoms. The van der Waals surface area contributed by atoms with Crippen LogP contribution in [0.2, 0.25) is 5.02 Å². The van der Waals surface area contributed by atoms with Crippen molar-refractivity contribution in [3.63, 3.8) is 0 Å². The Morgan fingerprint density at radius 3 is 2.40 bits per heavy atom. The van der Waals surface area contributed by atoms with Crippen molar-refractivity contribution in [2.75, 3.05) is 12.4 Å². The molecule has 0 saturated carbocycles. The molecule has 2 rings (SSSR count). The highest BCUT2D eigenvalue weighted by Crippen LogP contribution is 2.26. The van der Waals surface area contributed by atoms with E-state index in [-0.39, 0.29) is 10.6 Å². The van der Waals surface area contributed by atoms with Gasteiger partial charge in [-0.3, -0.25) is 4.79 Å². The standard InChI is InChI=1S/C14H10ClF2NO2/c1-20-12-6-5-8(7-9(12)15)14(19)18-13-10(16)3-2-4-11(13)17/h2-7H,1H3,(H,18,19). The maximum Gasteiger partial charge on any atom is 0.255 e. The van der Waals surface area contributed by atoms with Gasteiger partial charge >= 0.3 is 0 Å². The van der Waals surface area contributed by atoms with E-state index in [1.807, 2.05) is 0 Å². The van der Waals surface area contributed by atoms with Crippen molar-refractivity contribution in [2.24, 2.45) is 0 Å². The first-order valence-corrected chi connectivity index (χ1v) is 5.99. The summed E-state index contributed by atoms with van der Waals surface area (Å²) < 4.78 is 31.8. The van der Waals surface area contributed by atoms with Gasteiger partial charge < -0.3 is 10.1 Å². The largest absolute Gasteiger partial charge is 0.495 e. The predicted octanol–water partition coefficient (Wildman–Crippen LogP) is 3.88. The summed E-state index contributed by atoms with van der Waals surface area (Å²) in [6, 6.07) is 7.62. The highest BCUT2D eigenvalue weighted by Gasteiger charge is 2.14. The van der Waals surface area contributed by atoms with Crippen molar-refractivity contribution in [1.82, 2.24) is 0 Å². The van der Waals surface area contributed by atoms with Gasteiger partial charge in [-0.05, 0) is 30.3 Å². The van der Waals surface area contributed by atoms with Crippen LogP contribution in [0.4, 0.5) is 14.5 Å². The van der Waals surface area contributed by atoms with E-state index in [1.54, 1.807) is 0 Å². The van der Waals surface area contributed by atoms with Gasteiger partial charge in [0.15, 0.2) is 0 Å². The lowest BCUT2D eigenvalue weighted by Gasteiger charge is -2.09. The zero-order valence-electron chi connectivity index (χ0n) is 10.4. The summed E-state index contributed by atoms with van der Waals surface area (Å²) in [4.78, 5) is 11.9. The molecule has 104 valence electrons. The van der Waals surface area contributed by atoms with Crippen LogP contribution in [0.1, 0.15) is 10.4 Å². The number of nitrogens with one attached hydrogen (secondary N) is 1. The number of hydrogen-bond donors (Lipinski definition) is 1. The van der Waals surface area contributed by atoms with Crippen LogP contribution in [-0.2, 0) is 0 Å². The lowest BCUT2D eigenvalue weighted by Crippen LogP contribution is -2.14. The molecule has 0 unspecified atom stereocenters. The molecule has 0 saturated heterocycles. The second kappa shape index (κ2) is 5.88. The van der Waals surface area contributed by atoms with Crippen LogP contribution in [0.15, 0.2) is 36.4 Å². The third kappa shape index (κ3) is 2.88. The summed E-state index contributed by atoms with van der Waals surface area (Å²) in [5, 5.41) is 2.40. The summed E-state index contributed by atoms with van der Waals surface area (Å²) in [6.07, 6.45) is 0. The molecule has 1 N–H and O–H groups in total. The number of halogens is 3. The summed E-state index contributed by atoms with van der Waals surface area (Å²) in [7, 11) is 1.44. The molecule has 0 aliphatic carbocycles. The van der Waals surface area contributed by atoms with Gasteiger partial charge in [0.2, 0.25) is 0 Å². The van der Waals surface area contributed by atoms with Gasteiger partial charge in [-0.1, -0.05) is 17.7 Å². The lowest BCUT2D eigenvalue weighted by atomic mass is 10.2. The van der Waals surface area contributed by atoms with Crippen molar-refractivity contribution < 1.29 is 18.3 Å². The molecule has 1 amide bonds. The van der Waals surface area contributed by atoms with Crippen LogP contribution in [-0.4, -0.2) is 13.0 Å². The number of carbonyl (C=O) groups excluding carboxylic acids is 1. The molecule has 20 heavy (non-hydrogen) atoms. The van der Waals surface area contributed by atoms with E-state index in [9.17, 15) is 13.6 Å². The second-order valence-corrected chi connectivity index (χ2v) is 4.31. The van der Waals surface area contributed by atoms with Gasteiger partial charge in [0, 0.05) is 5.56 Å². The smallest absolute Gasteiger partial charge is 0.255 e. The van der Waals surface area contributed by atoms with Gasteiger partial charge in [-0.15, -0.1) is 0 Å². The van der Waals surface area contributed by atoms with Gasteiger partial charge in [0.25, 0.3) is 5.91 Å². The van der Waals surface area contributed by atoms with Gasteiger partial charge in [0.05, 0.1) is 12.1 Å². The van der Waals surface area contributed by atoms with Crippen LogP contribution in [0.5, 0.6) is 5.75 Å². The normalized spacial score (nSPS) is 10.2. The van der Waals surface area contributed by atoms with Gasteiger partial charge in [-0.2, -0.15) is 0 Å². The van der Waals surface area contributed by atoms with E-state index >= 15 is 0 Å². The van der Waals surface area contributed by atoms with E-state index in [0.717, 1.165) is 12.1 Å². The molecule has 3 nitrogen and oxygen atoms in total. The predicted molar refractivity (Wildman–Crippen MR) is 72.3 cm³/mol. The third-order valence-electron chi connectivity index (χ3n) is 2.62. The summed E-state index contributed by atoms with van der Waals surface area (Å²) in [6.45, 7) is 0. The van der Waals surface area contributed by atoms with Crippen molar-refractivity contribution in [2.45, 2.75) is 0 Å². The van der Waals surface area contributed by atoms with Crippen molar-refractivity contribution in [3.05, 3.63) is 58.6 Å². The Labute approximate surface area is 119 Å². The minimum atomic E-state index is -0.849. The average molecular weight is 298 g/mol. The Morgan fingerprint density at radius 2 is 1.85 bits per heavy atom. The molecule has 0 radical (unpaired) electrons. The summed E-state index contributed by atoms with van der Waals surface area (Å²) in [5.74, 6) is -1.96. The molecule has 2 aromatic carbocycles. The topological polar surface area (TPSA) is 38.3 Å². The Hall–Kier alpha value is -2.14. The quantitative estimate of drug-likeness (QED) is 0.933. The van der Waals surface area contributed by atoms with E-state index in [0.29, 0.717) is 5.75 Å². The third-order valence-corrected chi connectivity index (χ3v) is 2.91. The summed E-state index contributed by atoms with van der Waals surface area (Å²) in [5.41, 5.74) is -0.331. The Kier molecular flexibility index (Phi) is 4.20. The number of rotatable bonds is 3. The minimum absolute atomic E-state index is 0.165. The summed E-state index contributed by atoms with van der Waals surface area (Å²) >= 11 is 5.89. The number of benzene rings is 2. The van der Waals surface area contributed by atoms with Gasteiger partial charge in [0.1, 0.15) is 23.1 Å². The molecule has 0 heterocycles. The monoisotopic (exact) mass is 297 g/mol. The molecular weight excluding hydrogens is 288 g/mol. The number of hydrogen-bond acceptors (Lipinski definition) is 2. The lowest BCUT2D eigenvalue weighted by molar-refractivity contribution is 0.102. The van der Waals surface area contributed by atoms with E-state index in [4.69, 9.17) is 16.3 Å². The maximum absolute atomic E-state index is 13.4. The number of anilines is 1. The fraction of sp³-hybridized carbons (Fsp3) is 0.0714. The van der Waals surface area contributed by atoms with Crippen molar-refractivity contribution in [1.29, 1.82) is 0 Å². The number of methoxy groups -OCH3 is 1. The SMILES string of the molecule is COc1ccc(C(=O)Nc2c(F)cccc2F)cc1Cl. The number of carbonyl (C=O) groups is 1. The first-order valence-electron chi connectivity index (χ1n) is 5.62. The fourth-order valence-electron chi connectivity index (χ4n) is 1.61. The maximum atomic E-state index is 13.4. The van der Waals surface area contributed by atoms with Crippen LogP contribution in [0.3, 0.4) is 0 Å². The van der Waals surface area contributed by atoms with Crippen LogP contribution in [0.25, 0.3) is 0 Å². The average Bonchev–Trinajstić information content (AvgIpc) is 2.42. The fourth-order valence-corrected chi connectivity index (χ4v) is 1.87. The van der Waals surface area contributed by atoms with Crippen molar-refractivity contribution >= 4 is 23.2 Å². The Balaban J connectivity index is 2.26. The second-order valence-electron chi connectivity index (χ2n) is 3.90. The van der Waals surface area contributed by atoms with Crippen LogP contribution < -0.4 is 10.1 Å². The van der Waals surface area contributed by atoms with Crippen LogP contribution >= 0.6 is 11.6 Å². The highest BCUT2D eigenvalue weighted by atomic mass is 35.5. The molecule has 0 aromatic heterocycles. The van der Waals surface area contributed by atoms with Crippen LogP contribution in [0, 0.1) is 11.6 Å². The van der Waals surface area contributed by atoms with E-state index < -0.39 is 23.2 Å². The number of para-hydroxylation sites is 1. The molecule has 0 fully saturated rings.